The van der Waals surface area contributed by atoms with Gasteiger partial charge in [-0.2, -0.15) is 0 Å². The first-order chi connectivity index (χ1) is 26.2. The minimum Gasteiger partial charge on any atom is -0.355 e. The fourth-order valence-electron chi connectivity index (χ4n) is 9.74. The number of hydrogen-bond acceptors (Lipinski definition) is 1. The van der Waals surface area contributed by atoms with Gasteiger partial charge < -0.3 is 14.5 Å². The van der Waals surface area contributed by atoms with Gasteiger partial charge in [-0.25, -0.2) is 0 Å². The second-order valence-electron chi connectivity index (χ2n) is 14.7. The van der Waals surface area contributed by atoms with Crippen molar-refractivity contribution < 1.29 is 0 Å². The summed E-state index contributed by atoms with van der Waals surface area (Å²) in [6.07, 6.45) is 4.79. The van der Waals surface area contributed by atoms with Crippen molar-refractivity contribution in [2.24, 2.45) is 0 Å². The Labute approximate surface area is 309 Å². The molecular weight excluding hydrogens is 643 g/mol. The van der Waals surface area contributed by atoms with Crippen LogP contribution >= 0.6 is 0 Å². The molecule has 0 amide bonds. The van der Waals surface area contributed by atoms with Crippen LogP contribution in [0.3, 0.4) is 0 Å². The Morgan fingerprint density at radius 2 is 1.19 bits per heavy atom. The first-order valence-electron chi connectivity index (χ1n) is 18.6. The van der Waals surface area contributed by atoms with E-state index in [4.69, 9.17) is 0 Å². The topological polar surface area (TPSA) is 24.0 Å². The largest absolute Gasteiger partial charge is 0.355 e. The van der Waals surface area contributed by atoms with Crippen molar-refractivity contribution in [3.05, 3.63) is 204 Å². The molecule has 2 aliphatic rings. The lowest BCUT2D eigenvalue weighted by molar-refractivity contribution is 0.391. The third kappa shape index (κ3) is 4.28. The van der Waals surface area contributed by atoms with Crippen molar-refractivity contribution in [1.82, 2.24) is 9.55 Å². The van der Waals surface area contributed by atoms with Gasteiger partial charge in [-0.05, 0) is 76.4 Å². The van der Waals surface area contributed by atoms with Gasteiger partial charge in [-0.1, -0.05) is 146 Å². The van der Waals surface area contributed by atoms with E-state index in [1.807, 2.05) is 0 Å². The predicted molar refractivity (Wildman–Crippen MR) is 222 cm³/mol. The monoisotopic (exact) mass is 679 g/mol. The van der Waals surface area contributed by atoms with Crippen LogP contribution in [-0.4, -0.2) is 15.6 Å². The molecule has 3 nitrogen and oxygen atoms in total. The van der Waals surface area contributed by atoms with Crippen LogP contribution < -0.4 is 4.90 Å². The van der Waals surface area contributed by atoms with Crippen LogP contribution in [0.2, 0.25) is 0 Å². The lowest BCUT2D eigenvalue weighted by Crippen LogP contribution is -2.51. The van der Waals surface area contributed by atoms with Crippen molar-refractivity contribution in [3.8, 4) is 16.8 Å². The molecule has 3 unspecified atom stereocenters. The molecule has 9 aromatic rings. The molecule has 0 fully saturated rings. The molecule has 0 bridgehead atoms. The first-order valence-corrected chi connectivity index (χ1v) is 18.6. The minimum absolute atomic E-state index is 0.0553. The molecule has 252 valence electrons. The third-order valence-electron chi connectivity index (χ3n) is 12.1. The number of H-pyrrole nitrogens is 1. The molecule has 3 atom stereocenters. The van der Waals surface area contributed by atoms with Gasteiger partial charge in [-0.15, -0.1) is 0 Å². The summed E-state index contributed by atoms with van der Waals surface area (Å²) in [5.74, 6) is 0.130. The average Bonchev–Trinajstić information content (AvgIpc) is 3.78. The van der Waals surface area contributed by atoms with Gasteiger partial charge in [0.05, 0.1) is 22.8 Å². The number of rotatable bonds is 4. The van der Waals surface area contributed by atoms with Crippen molar-refractivity contribution in [1.29, 1.82) is 0 Å². The van der Waals surface area contributed by atoms with E-state index in [0.717, 1.165) is 5.69 Å². The van der Waals surface area contributed by atoms with E-state index >= 15 is 0 Å². The van der Waals surface area contributed by atoms with Crippen LogP contribution in [0.1, 0.15) is 35.2 Å². The molecule has 11 rings (SSSR count). The van der Waals surface area contributed by atoms with Gasteiger partial charge in [-0.3, -0.25) is 0 Å². The van der Waals surface area contributed by atoms with Crippen LogP contribution in [0.5, 0.6) is 0 Å². The number of aromatic nitrogens is 2. The van der Waals surface area contributed by atoms with Gasteiger partial charge in [0.2, 0.25) is 0 Å². The molecule has 3 heteroatoms. The number of aromatic amines is 1. The molecular formula is C50H37N3. The summed E-state index contributed by atoms with van der Waals surface area (Å²) in [4.78, 5) is 6.45. The fourth-order valence-corrected chi connectivity index (χ4v) is 9.74. The summed E-state index contributed by atoms with van der Waals surface area (Å²) < 4.78 is 2.46. The van der Waals surface area contributed by atoms with Crippen molar-refractivity contribution >= 4 is 50.2 Å². The highest BCUT2D eigenvalue weighted by Crippen LogP contribution is 2.61. The maximum atomic E-state index is 3.80. The Hall–Kier alpha value is -6.58. The Balaban J connectivity index is 1.25. The third-order valence-corrected chi connectivity index (χ3v) is 12.1. The smallest absolute Gasteiger partial charge is 0.0607 e. The van der Waals surface area contributed by atoms with E-state index in [0.29, 0.717) is 0 Å². The number of benzene rings is 7. The van der Waals surface area contributed by atoms with Crippen molar-refractivity contribution in [2.45, 2.75) is 24.3 Å². The molecule has 53 heavy (non-hydrogen) atoms. The maximum Gasteiger partial charge on any atom is 0.0607 e. The summed E-state index contributed by atoms with van der Waals surface area (Å²) in [7, 11) is 0. The Morgan fingerprint density at radius 1 is 0.547 bits per heavy atom. The zero-order chi connectivity index (χ0) is 35.1. The summed E-state index contributed by atoms with van der Waals surface area (Å²) in [5.41, 5.74) is 14.6. The lowest BCUT2D eigenvalue weighted by atomic mass is 9.58. The number of para-hydroxylation sites is 3. The van der Waals surface area contributed by atoms with Crippen LogP contribution in [0.25, 0.3) is 55.6 Å². The molecule has 7 aromatic carbocycles. The Kier molecular flexibility index (Phi) is 6.51. The molecule has 3 heterocycles. The number of fused-ring (bicyclic) bond motifs is 10. The fraction of sp³-hybridized carbons (Fsp3) is 0.0800. The summed E-state index contributed by atoms with van der Waals surface area (Å²) in [5, 5.41) is 3.85. The highest BCUT2D eigenvalue weighted by atomic mass is 15.2. The molecule has 1 aliphatic carbocycles. The second kappa shape index (κ2) is 11.5. The van der Waals surface area contributed by atoms with Gasteiger partial charge >= 0.3 is 0 Å². The van der Waals surface area contributed by atoms with E-state index in [2.05, 4.69) is 209 Å². The quantitative estimate of drug-likeness (QED) is 0.197. The molecule has 1 N–H and O–H groups in total. The zero-order valence-electron chi connectivity index (χ0n) is 29.4. The summed E-state index contributed by atoms with van der Waals surface area (Å²) in [6.45, 7) is 2.50. The second-order valence-corrected chi connectivity index (χ2v) is 14.7. The summed E-state index contributed by atoms with van der Waals surface area (Å²) >= 11 is 0. The average molecular weight is 680 g/mol. The molecule has 0 spiro atoms. The zero-order valence-corrected chi connectivity index (χ0v) is 29.4. The van der Waals surface area contributed by atoms with Gasteiger partial charge in [0.15, 0.2) is 0 Å². The number of hydrogen-bond donors (Lipinski definition) is 1. The molecule has 1 aliphatic heterocycles. The van der Waals surface area contributed by atoms with Crippen LogP contribution in [0, 0.1) is 0 Å². The maximum absolute atomic E-state index is 3.80. The van der Waals surface area contributed by atoms with E-state index in [1.165, 1.54) is 77.6 Å². The van der Waals surface area contributed by atoms with Crippen molar-refractivity contribution in [2.75, 3.05) is 4.90 Å². The van der Waals surface area contributed by atoms with Gasteiger partial charge in [0, 0.05) is 50.1 Å². The standard InChI is InChI=1S/C50H37N3/c1-50(35-17-7-3-8-18-35)40-29-31-44-47(39-22-12-14-24-43(39)52(44)37-27-25-34(26-28-37)33-15-5-2-6-16-33)49(40)53(36-19-9-4-10-20-36)45-32-30-42-46(48(45)50)38-21-11-13-23-41(38)51-42/h2-32,45,48,51H,1H3. The normalized spacial score (nSPS) is 19.0. The van der Waals surface area contributed by atoms with Crippen molar-refractivity contribution in [3.63, 3.8) is 0 Å². The lowest BCUT2D eigenvalue weighted by Gasteiger charge is -2.54. The highest BCUT2D eigenvalue weighted by molar-refractivity contribution is 6.17. The van der Waals surface area contributed by atoms with Gasteiger partial charge in [0.25, 0.3) is 0 Å². The van der Waals surface area contributed by atoms with E-state index in [9.17, 15) is 0 Å². The summed E-state index contributed by atoms with van der Waals surface area (Å²) in [6, 6.07) is 64.6. The van der Waals surface area contributed by atoms with Crippen LogP contribution in [-0.2, 0) is 5.41 Å². The van der Waals surface area contributed by atoms with Crippen LogP contribution in [0.4, 0.5) is 11.4 Å². The molecule has 0 saturated carbocycles. The van der Waals surface area contributed by atoms with Gasteiger partial charge in [0.1, 0.15) is 0 Å². The van der Waals surface area contributed by atoms with E-state index in [-0.39, 0.29) is 17.4 Å². The molecule has 0 radical (unpaired) electrons. The van der Waals surface area contributed by atoms with Crippen LogP contribution in [0.15, 0.2) is 182 Å². The van der Waals surface area contributed by atoms with E-state index < -0.39 is 0 Å². The number of nitrogens with one attached hydrogen (secondary N) is 1. The highest BCUT2D eigenvalue weighted by Gasteiger charge is 2.53. The number of anilines is 2. The SMILES string of the molecule is CC1(c2ccccc2)c2ccc3c(c2N(c2ccccc2)C2C=Cc4[nH]c5ccccc5c4C21)c1ccccc1n3-c1ccc(-c2ccccc2)cc1. The Morgan fingerprint density at radius 3 is 1.96 bits per heavy atom. The number of nitrogens with zero attached hydrogens (tertiary/aromatic N) is 2. The predicted octanol–water partition coefficient (Wildman–Crippen LogP) is 12.6. The first kappa shape index (κ1) is 30.1. The molecule has 2 aromatic heterocycles. The van der Waals surface area contributed by atoms with E-state index in [1.54, 1.807) is 0 Å². The Bertz CT molecular complexity index is 2850. The molecule has 0 saturated heterocycles. The minimum atomic E-state index is -0.355.